The zero-order valence-corrected chi connectivity index (χ0v) is 15.2. The molecule has 0 aliphatic heterocycles. The van der Waals surface area contributed by atoms with Gasteiger partial charge in [-0.05, 0) is 49.7 Å². The summed E-state index contributed by atoms with van der Waals surface area (Å²) in [6, 6.07) is 19.4. The lowest BCUT2D eigenvalue weighted by atomic mass is 9.99. The van der Waals surface area contributed by atoms with Gasteiger partial charge in [-0.2, -0.15) is 0 Å². The average Bonchev–Trinajstić information content (AvgIpc) is 2.69. The highest BCUT2D eigenvalue weighted by molar-refractivity contribution is 6.13. The molecule has 2 aromatic heterocycles. The number of benzene rings is 2. The lowest BCUT2D eigenvalue weighted by Gasteiger charge is -2.12. The molecule has 132 valence electrons. The van der Waals surface area contributed by atoms with E-state index in [2.05, 4.69) is 42.3 Å². The minimum Gasteiger partial charge on any atom is -0.322 e. The van der Waals surface area contributed by atoms with Gasteiger partial charge in [-0.3, -0.25) is 9.78 Å². The monoisotopic (exact) mass is 353 g/mol. The van der Waals surface area contributed by atoms with Crippen molar-refractivity contribution in [3.05, 3.63) is 89.7 Å². The Morgan fingerprint density at radius 3 is 2.52 bits per heavy atom. The molecule has 27 heavy (non-hydrogen) atoms. The summed E-state index contributed by atoms with van der Waals surface area (Å²) in [6.07, 6.45) is 3.31. The fourth-order valence-corrected chi connectivity index (χ4v) is 3.15. The third-order valence-electron chi connectivity index (χ3n) is 4.57. The number of aromatic nitrogens is 2. The predicted molar refractivity (Wildman–Crippen MR) is 109 cm³/mol. The minimum atomic E-state index is -0.161. The van der Waals surface area contributed by atoms with Gasteiger partial charge in [0, 0.05) is 29.0 Å². The van der Waals surface area contributed by atoms with E-state index in [0.29, 0.717) is 11.3 Å². The Morgan fingerprint density at radius 1 is 0.926 bits per heavy atom. The first kappa shape index (κ1) is 16.9. The molecule has 0 unspecified atom stereocenters. The number of nitrogens with one attached hydrogen (secondary N) is 1. The number of fused-ring (bicyclic) bond motifs is 1. The molecule has 1 N–H and O–H groups in total. The number of nitrogens with zero attached hydrogens (tertiary/aromatic N) is 2. The number of hydrogen-bond acceptors (Lipinski definition) is 3. The van der Waals surface area contributed by atoms with Crippen LogP contribution in [-0.2, 0) is 0 Å². The van der Waals surface area contributed by atoms with Gasteiger partial charge in [0.1, 0.15) is 0 Å². The van der Waals surface area contributed by atoms with E-state index in [9.17, 15) is 4.79 Å². The molecule has 0 saturated heterocycles. The Bertz CT molecular complexity index is 1140. The molecule has 4 heteroatoms. The molecule has 0 fully saturated rings. The number of para-hydroxylation sites is 1. The summed E-state index contributed by atoms with van der Waals surface area (Å²) in [7, 11) is 0. The van der Waals surface area contributed by atoms with Crippen molar-refractivity contribution in [1.29, 1.82) is 0 Å². The molecule has 1 amide bonds. The van der Waals surface area contributed by atoms with E-state index in [0.717, 1.165) is 33.3 Å². The fraction of sp³-hybridized carbons (Fsp3) is 0.0870. The van der Waals surface area contributed by atoms with Crippen molar-refractivity contribution in [3.63, 3.8) is 0 Å². The van der Waals surface area contributed by atoms with Crippen LogP contribution in [0.2, 0.25) is 0 Å². The number of amides is 1. The van der Waals surface area contributed by atoms with E-state index in [1.165, 1.54) is 0 Å². The van der Waals surface area contributed by atoms with E-state index in [1.54, 1.807) is 24.5 Å². The van der Waals surface area contributed by atoms with Crippen molar-refractivity contribution in [2.24, 2.45) is 0 Å². The number of pyridine rings is 2. The van der Waals surface area contributed by atoms with Gasteiger partial charge in [0.15, 0.2) is 0 Å². The van der Waals surface area contributed by atoms with Crippen LogP contribution in [-0.4, -0.2) is 15.9 Å². The molecular formula is C23H19N3O. The summed E-state index contributed by atoms with van der Waals surface area (Å²) in [5.41, 5.74) is 6.25. The second kappa shape index (κ2) is 7.00. The van der Waals surface area contributed by atoms with Gasteiger partial charge in [0.2, 0.25) is 0 Å². The highest BCUT2D eigenvalue weighted by atomic mass is 16.1. The van der Waals surface area contributed by atoms with Crippen molar-refractivity contribution in [2.45, 2.75) is 13.8 Å². The van der Waals surface area contributed by atoms with E-state index in [4.69, 9.17) is 4.98 Å². The van der Waals surface area contributed by atoms with Gasteiger partial charge >= 0.3 is 0 Å². The lowest BCUT2D eigenvalue weighted by Crippen LogP contribution is -2.13. The number of anilines is 1. The largest absolute Gasteiger partial charge is 0.322 e. The Hall–Kier alpha value is -3.53. The van der Waals surface area contributed by atoms with Crippen LogP contribution in [0.4, 0.5) is 5.69 Å². The maximum atomic E-state index is 13.0. The van der Waals surface area contributed by atoms with Gasteiger partial charge in [-0.1, -0.05) is 35.9 Å². The summed E-state index contributed by atoms with van der Waals surface area (Å²) in [5.74, 6) is -0.161. The molecule has 4 aromatic rings. The van der Waals surface area contributed by atoms with Crippen molar-refractivity contribution < 1.29 is 4.79 Å². The standard InChI is InChI=1S/C23H19N3O/c1-15-7-8-16(2)19(13-15)22-14-20(18-5-3-4-6-21(18)26-22)23(27)25-17-9-11-24-12-10-17/h3-14H,1-2H3,(H,24,25,27). The van der Waals surface area contributed by atoms with Crippen LogP contribution < -0.4 is 5.32 Å². The fourth-order valence-electron chi connectivity index (χ4n) is 3.15. The minimum absolute atomic E-state index is 0.161. The lowest BCUT2D eigenvalue weighted by molar-refractivity contribution is 0.102. The predicted octanol–water partition coefficient (Wildman–Crippen LogP) is 5.17. The molecule has 0 bridgehead atoms. The summed E-state index contributed by atoms with van der Waals surface area (Å²) >= 11 is 0. The first-order chi connectivity index (χ1) is 13.1. The average molecular weight is 353 g/mol. The second-order valence-corrected chi connectivity index (χ2v) is 6.58. The SMILES string of the molecule is Cc1ccc(C)c(-c2cc(C(=O)Nc3ccncc3)c3ccccc3n2)c1. The van der Waals surface area contributed by atoms with Crippen LogP contribution in [0.15, 0.2) is 73.1 Å². The summed E-state index contributed by atoms with van der Waals surface area (Å²) in [4.78, 5) is 21.8. The van der Waals surface area contributed by atoms with Crippen LogP contribution >= 0.6 is 0 Å². The Balaban J connectivity index is 1.86. The first-order valence-corrected chi connectivity index (χ1v) is 8.80. The van der Waals surface area contributed by atoms with Gasteiger partial charge in [0.25, 0.3) is 5.91 Å². The zero-order chi connectivity index (χ0) is 18.8. The summed E-state index contributed by atoms with van der Waals surface area (Å²) in [6.45, 7) is 4.11. The quantitative estimate of drug-likeness (QED) is 0.553. The molecule has 4 rings (SSSR count). The Morgan fingerprint density at radius 2 is 1.70 bits per heavy atom. The van der Waals surface area contributed by atoms with Crippen LogP contribution in [0.1, 0.15) is 21.5 Å². The molecule has 0 spiro atoms. The van der Waals surface area contributed by atoms with Gasteiger partial charge < -0.3 is 5.32 Å². The zero-order valence-electron chi connectivity index (χ0n) is 15.2. The molecule has 4 nitrogen and oxygen atoms in total. The number of aryl methyl sites for hydroxylation is 2. The van der Waals surface area contributed by atoms with Gasteiger partial charge in [-0.25, -0.2) is 4.98 Å². The summed E-state index contributed by atoms with van der Waals surface area (Å²) < 4.78 is 0. The topological polar surface area (TPSA) is 54.9 Å². The highest BCUT2D eigenvalue weighted by Gasteiger charge is 2.15. The van der Waals surface area contributed by atoms with E-state index in [1.807, 2.05) is 30.3 Å². The van der Waals surface area contributed by atoms with Gasteiger partial charge in [-0.15, -0.1) is 0 Å². The molecule has 2 aromatic carbocycles. The molecule has 0 atom stereocenters. The van der Waals surface area contributed by atoms with Crippen LogP contribution in [0.3, 0.4) is 0 Å². The Labute approximate surface area is 157 Å². The maximum Gasteiger partial charge on any atom is 0.256 e. The number of hydrogen-bond donors (Lipinski definition) is 1. The second-order valence-electron chi connectivity index (χ2n) is 6.58. The van der Waals surface area contributed by atoms with Crippen LogP contribution in [0, 0.1) is 13.8 Å². The maximum absolute atomic E-state index is 13.0. The first-order valence-electron chi connectivity index (χ1n) is 8.80. The van der Waals surface area contributed by atoms with E-state index < -0.39 is 0 Å². The smallest absolute Gasteiger partial charge is 0.256 e. The molecular weight excluding hydrogens is 334 g/mol. The highest BCUT2D eigenvalue weighted by Crippen LogP contribution is 2.28. The van der Waals surface area contributed by atoms with Crippen molar-refractivity contribution >= 4 is 22.5 Å². The molecule has 0 radical (unpaired) electrons. The molecule has 0 aliphatic rings. The van der Waals surface area contributed by atoms with Crippen molar-refractivity contribution in [1.82, 2.24) is 9.97 Å². The molecule has 0 aliphatic carbocycles. The molecule has 2 heterocycles. The Kier molecular flexibility index (Phi) is 4.38. The number of carbonyl (C=O) groups excluding carboxylic acids is 1. The van der Waals surface area contributed by atoms with Gasteiger partial charge in [0.05, 0.1) is 16.8 Å². The summed E-state index contributed by atoms with van der Waals surface area (Å²) in [5, 5.41) is 3.78. The van der Waals surface area contributed by atoms with Crippen molar-refractivity contribution in [3.8, 4) is 11.3 Å². The normalized spacial score (nSPS) is 10.7. The van der Waals surface area contributed by atoms with Crippen LogP contribution in [0.5, 0.6) is 0 Å². The third-order valence-corrected chi connectivity index (χ3v) is 4.57. The number of rotatable bonds is 3. The molecule has 0 saturated carbocycles. The van der Waals surface area contributed by atoms with E-state index in [-0.39, 0.29) is 5.91 Å². The van der Waals surface area contributed by atoms with Crippen LogP contribution in [0.25, 0.3) is 22.2 Å². The van der Waals surface area contributed by atoms with E-state index >= 15 is 0 Å². The van der Waals surface area contributed by atoms with Crippen molar-refractivity contribution in [2.75, 3.05) is 5.32 Å². The third kappa shape index (κ3) is 3.42. The number of carbonyl (C=O) groups is 1.